The molecule has 2 aromatic carbocycles. The van der Waals surface area contributed by atoms with Gasteiger partial charge in [0.15, 0.2) is 0 Å². The Morgan fingerprint density at radius 1 is 1.00 bits per heavy atom. The van der Waals surface area contributed by atoms with E-state index in [-0.39, 0.29) is 11.4 Å². The van der Waals surface area contributed by atoms with Crippen molar-refractivity contribution in [1.82, 2.24) is 10.6 Å². The van der Waals surface area contributed by atoms with Gasteiger partial charge < -0.3 is 10.6 Å². The van der Waals surface area contributed by atoms with E-state index in [4.69, 9.17) is 11.6 Å². The standard InChI is InChI=1S/C20H25ClN2O/c1-15-4-8-17(9-5-15)20(2,3)14-23-19(24)22-13-12-16-6-10-18(21)11-7-16/h4-11H,12-14H2,1-3H3,(H2,22,23,24). The summed E-state index contributed by atoms with van der Waals surface area (Å²) in [5.74, 6) is 0. The van der Waals surface area contributed by atoms with Crippen LogP contribution in [0.15, 0.2) is 48.5 Å². The second-order valence-corrected chi connectivity index (χ2v) is 7.17. The third-order valence-corrected chi connectivity index (χ3v) is 4.39. The molecule has 0 aliphatic heterocycles. The third-order valence-electron chi connectivity index (χ3n) is 4.14. The predicted molar refractivity (Wildman–Crippen MR) is 101 cm³/mol. The first-order valence-corrected chi connectivity index (χ1v) is 8.58. The second-order valence-electron chi connectivity index (χ2n) is 6.74. The zero-order valence-electron chi connectivity index (χ0n) is 14.5. The molecule has 2 aromatic rings. The summed E-state index contributed by atoms with van der Waals surface area (Å²) in [4.78, 5) is 12.0. The number of amides is 2. The lowest BCUT2D eigenvalue weighted by Gasteiger charge is -2.26. The molecular formula is C20H25ClN2O. The fraction of sp³-hybridized carbons (Fsp3) is 0.350. The lowest BCUT2D eigenvalue weighted by atomic mass is 9.84. The minimum absolute atomic E-state index is 0.110. The smallest absolute Gasteiger partial charge is 0.314 e. The Kier molecular flexibility index (Phi) is 6.27. The highest BCUT2D eigenvalue weighted by Crippen LogP contribution is 2.22. The van der Waals surface area contributed by atoms with Crippen LogP contribution < -0.4 is 10.6 Å². The van der Waals surface area contributed by atoms with E-state index in [0.29, 0.717) is 13.1 Å². The van der Waals surface area contributed by atoms with Crippen LogP contribution in [0.4, 0.5) is 4.79 Å². The van der Waals surface area contributed by atoms with Crippen LogP contribution in [0.25, 0.3) is 0 Å². The Hall–Kier alpha value is -2.00. The average molecular weight is 345 g/mol. The minimum atomic E-state index is -0.135. The van der Waals surface area contributed by atoms with Gasteiger partial charge in [0.25, 0.3) is 0 Å². The number of urea groups is 1. The fourth-order valence-corrected chi connectivity index (χ4v) is 2.57. The number of rotatable bonds is 6. The normalized spacial score (nSPS) is 11.2. The van der Waals surface area contributed by atoms with Crippen LogP contribution in [-0.4, -0.2) is 19.1 Å². The Morgan fingerprint density at radius 2 is 1.62 bits per heavy atom. The molecule has 24 heavy (non-hydrogen) atoms. The van der Waals surface area contributed by atoms with Crippen molar-refractivity contribution in [2.24, 2.45) is 0 Å². The largest absolute Gasteiger partial charge is 0.338 e. The van der Waals surface area contributed by atoms with Gasteiger partial charge in [0.1, 0.15) is 0 Å². The van der Waals surface area contributed by atoms with E-state index >= 15 is 0 Å². The number of nitrogens with one attached hydrogen (secondary N) is 2. The SMILES string of the molecule is Cc1ccc(C(C)(C)CNC(=O)NCCc2ccc(Cl)cc2)cc1. The number of benzene rings is 2. The van der Waals surface area contributed by atoms with Crippen molar-refractivity contribution < 1.29 is 4.79 Å². The summed E-state index contributed by atoms with van der Waals surface area (Å²) in [5, 5.41) is 6.58. The number of hydrogen-bond donors (Lipinski definition) is 2. The molecule has 0 unspecified atom stereocenters. The number of hydrogen-bond acceptors (Lipinski definition) is 1. The first-order valence-electron chi connectivity index (χ1n) is 8.20. The van der Waals surface area contributed by atoms with Gasteiger partial charge in [-0.3, -0.25) is 0 Å². The summed E-state index contributed by atoms with van der Waals surface area (Å²) >= 11 is 5.86. The van der Waals surface area contributed by atoms with Crippen molar-refractivity contribution in [2.75, 3.05) is 13.1 Å². The van der Waals surface area contributed by atoms with Crippen molar-refractivity contribution in [1.29, 1.82) is 0 Å². The van der Waals surface area contributed by atoms with Gasteiger partial charge >= 0.3 is 6.03 Å². The molecular weight excluding hydrogens is 320 g/mol. The van der Waals surface area contributed by atoms with Gasteiger partial charge in [-0.15, -0.1) is 0 Å². The van der Waals surface area contributed by atoms with Crippen molar-refractivity contribution in [2.45, 2.75) is 32.6 Å². The molecule has 0 radical (unpaired) electrons. The Balaban J connectivity index is 1.75. The molecule has 0 atom stereocenters. The highest BCUT2D eigenvalue weighted by Gasteiger charge is 2.21. The molecule has 2 amide bonds. The summed E-state index contributed by atoms with van der Waals surface area (Å²) in [7, 11) is 0. The van der Waals surface area contributed by atoms with Gasteiger partial charge in [0.2, 0.25) is 0 Å². The van der Waals surface area contributed by atoms with Gasteiger partial charge in [-0.1, -0.05) is 67.4 Å². The fourth-order valence-electron chi connectivity index (χ4n) is 2.44. The molecule has 4 heteroatoms. The Labute approximate surface area is 149 Å². The third kappa shape index (κ3) is 5.57. The van der Waals surface area contributed by atoms with Crippen LogP contribution in [0.5, 0.6) is 0 Å². The molecule has 0 bridgehead atoms. The minimum Gasteiger partial charge on any atom is -0.338 e. The first-order chi connectivity index (χ1) is 11.4. The lowest BCUT2D eigenvalue weighted by molar-refractivity contribution is 0.238. The molecule has 0 saturated heterocycles. The van der Waals surface area contributed by atoms with Crippen molar-refractivity contribution >= 4 is 17.6 Å². The molecule has 2 N–H and O–H groups in total. The van der Waals surface area contributed by atoms with E-state index in [2.05, 4.69) is 55.7 Å². The number of carbonyl (C=O) groups excluding carboxylic acids is 1. The quantitative estimate of drug-likeness (QED) is 0.797. The monoisotopic (exact) mass is 344 g/mol. The van der Waals surface area contributed by atoms with E-state index < -0.39 is 0 Å². The van der Waals surface area contributed by atoms with Gasteiger partial charge in [-0.2, -0.15) is 0 Å². The summed E-state index contributed by atoms with van der Waals surface area (Å²) in [6, 6.07) is 16.0. The summed E-state index contributed by atoms with van der Waals surface area (Å²) in [6.07, 6.45) is 0.784. The van der Waals surface area contributed by atoms with E-state index in [1.54, 1.807) is 0 Å². The highest BCUT2D eigenvalue weighted by atomic mass is 35.5. The van der Waals surface area contributed by atoms with Gasteiger partial charge in [-0.25, -0.2) is 4.79 Å². The Morgan fingerprint density at radius 3 is 2.25 bits per heavy atom. The van der Waals surface area contributed by atoms with Gasteiger partial charge in [0, 0.05) is 23.5 Å². The van der Waals surface area contributed by atoms with Gasteiger partial charge in [-0.05, 0) is 36.6 Å². The topological polar surface area (TPSA) is 41.1 Å². The Bertz CT molecular complexity index is 663. The van der Waals surface area contributed by atoms with E-state index in [0.717, 1.165) is 17.0 Å². The van der Waals surface area contributed by atoms with Crippen molar-refractivity contribution in [3.8, 4) is 0 Å². The number of carbonyl (C=O) groups is 1. The first kappa shape index (κ1) is 18.3. The zero-order valence-corrected chi connectivity index (χ0v) is 15.3. The van der Waals surface area contributed by atoms with E-state index in [1.807, 2.05) is 24.3 Å². The molecule has 0 aliphatic rings. The van der Waals surface area contributed by atoms with Crippen molar-refractivity contribution in [3.05, 3.63) is 70.2 Å². The molecule has 3 nitrogen and oxygen atoms in total. The highest BCUT2D eigenvalue weighted by molar-refractivity contribution is 6.30. The van der Waals surface area contributed by atoms with E-state index in [9.17, 15) is 4.79 Å². The maximum Gasteiger partial charge on any atom is 0.314 e. The van der Waals surface area contributed by atoms with Crippen molar-refractivity contribution in [3.63, 3.8) is 0 Å². The molecule has 0 heterocycles. The predicted octanol–water partition coefficient (Wildman–Crippen LogP) is 4.47. The van der Waals surface area contributed by atoms with E-state index in [1.165, 1.54) is 11.1 Å². The number of aryl methyl sites for hydroxylation is 1. The summed E-state index contributed by atoms with van der Waals surface area (Å²) in [5.41, 5.74) is 3.50. The van der Waals surface area contributed by atoms with Crippen LogP contribution in [0.1, 0.15) is 30.5 Å². The molecule has 0 aromatic heterocycles. The summed E-state index contributed by atoms with van der Waals surface area (Å²) in [6.45, 7) is 7.52. The molecule has 0 saturated carbocycles. The number of halogens is 1. The van der Waals surface area contributed by atoms with Crippen LogP contribution in [0.3, 0.4) is 0 Å². The average Bonchev–Trinajstić information content (AvgIpc) is 2.55. The molecule has 0 spiro atoms. The van der Waals surface area contributed by atoms with Gasteiger partial charge in [0.05, 0.1) is 0 Å². The summed E-state index contributed by atoms with van der Waals surface area (Å²) < 4.78 is 0. The molecule has 0 fully saturated rings. The maximum absolute atomic E-state index is 12.0. The van der Waals surface area contributed by atoms with Crippen LogP contribution in [-0.2, 0) is 11.8 Å². The second kappa shape index (κ2) is 8.20. The molecule has 128 valence electrons. The van der Waals surface area contributed by atoms with Crippen LogP contribution in [0, 0.1) is 6.92 Å². The zero-order chi connectivity index (χ0) is 17.6. The van der Waals surface area contributed by atoms with Crippen LogP contribution >= 0.6 is 11.6 Å². The lowest BCUT2D eigenvalue weighted by Crippen LogP contribution is -2.42. The molecule has 0 aliphatic carbocycles. The van der Waals surface area contributed by atoms with Crippen LogP contribution in [0.2, 0.25) is 5.02 Å². The molecule has 2 rings (SSSR count). The maximum atomic E-state index is 12.0.